The van der Waals surface area contributed by atoms with Crippen LogP contribution in [0.5, 0.6) is 0 Å². The van der Waals surface area contributed by atoms with Crippen LogP contribution in [0.1, 0.15) is 25.0 Å². The Kier molecular flexibility index (Phi) is 2.89. The van der Waals surface area contributed by atoms with Gasteiger partial charge in [0.05, 0.1) is 17.8 Å². The fourth-order valence-electron chi connectivity index (χ4n) is 3.69. The van der Waals surface area contributed by atoms with Crippen molar-refractivity contribution in [1.29, 1.82) is 0 Å². The number of nitrogens with zero attached hydrogens (tertiary/aromatic N) is 2. The fourth-order valence-corrected chi connectivity index (χ4v) is 3.69. The number of aliphatic imine (C=N–C) groups is 1. The number of ether oxygens (including phenoxy) is 1. The molecule has 2 aliphatic rings. The lowest BCUT2D eigenvalue weighted by Crippen LogP contribution is -2.58. The van der Waals surface area contributed by atoms with Gasteiger partial charge in [-0.2, -0.15) is 0 Å². The number of anilines is 1. The molecule has 1 unspecified atom stereocenters. The van der Waals surface area contributed by atoms with Crippen molar-refractivity contribution >= 4 is 17.7 Å². The molecule has 0 saturated carbocycles. The second kappa shape index (κ2) is 4.72. The van der Waals surface area contributed by atoms with Crippen LogP contribution in [-0.2, 0) is 10.2 Å². The molecule has 4 rings (SSSR count). The maximum atomic E-state index is 6.57. The molecule has 1 atom stereocenters. The Labute approximate surface area is 136 Å². The first-order valence-corrected chi connectivity index (χ1v) is 7.88. The Bertz CT molecular complexity index is 807. The number of hydrogen-bond donors (Lipinski definition) is 0. The van der Waals surface area contributed by atoms with E-state index in [9.17, 15) is 0 Å². The van der Waals surface area contributed by atoms with Gasteiger partial charge in [-0.15, -0.1) is 0 Å². The van der Waals surface area contributed by atoms with Gasteiger partial charge >= 0.3 is 0 Å². The Morgan fingerprint density at radius 1 is 0.957 bits per heavy atom. The van der Waals surface area contributed by atoms with E-state index >= 15 is 0 Å². The highest BCUT2D eigenvalue weighted by Crippen LogP contribution is 2.52. The van der Waals surface area contributed by atoms with Crippen molar-refractivity contribution in [1.82, 2.24) is 0 Å². The molecule has 2 aromatic rings. The number of fused-ring (bicyclic) bond motifs is 1. The molecule has 0 bridgehead atoms. The van der Waals surface area contributed by atoms with E-state index in [4.69, 9.17) is 4.74 Å². The lowest BCUT2D eigenvalue weighted by atomic mass is 9.77. The van der Waals surface area contributed by atoms with Crippen LogP contribution in [0.25, 0.3) is 5.76 Å². The first-order chi connectivity index (χ1) is 11.1. The summed E-state index contributed by atoms with van der Waals surface area (Å²) in [5.41, 5.74) is 2.69. The monoisotopic (exact) mass is 304 g/mol. The van der Waals surface area contributed by atoms with Crippen LogP contribution in [0.3, 0.4) is 0 Å². The highest BCUT2D eigenvalue weighted by Gasteiger charge is 2.58. The predicted molar refractivity (Wildman–Crippen MR) is 94.6 cm³/mol. The third-order valence-electron chi connectivity index (χ3n) is 5.10. The topological polar surface area (TPSA) is 24.8 Å². The van der Waals surface area contributed by atoms with E-state index in [2.05, 4.69) is 67.2 Å². The normalized spacial score (nSPS) is 24.3. The minimum Gasteiger partial charge on any atom is -0.460 e. The molecule has 0 saturated heterocycles. The van der Waals surface area contributed by atoms with E-state index < -0.39 is 5.72 Å². The van der Waals surface area contributed by atoms with Gasteiger partial charge in [-0.1, -0.05) is 48.5 Å². The molecule has 0 amide bonds. The average molecular weight is 304 g/mol. The maximum Gasteiger partial charge on any atom is 0.228 e. The lowest BCUT2D eigenvalue weighted by Gasteiger charge is -2.44. The smallest absolute Gasteiger partial charge is 0.228 e. The average Bonchev–Trinajstić information content (AvgIpc) is 2.75. The molecule has 2 aliphatic heterocycles. The Morgan fingerprint density at radius 2 is 1.65 bits per heavy atom. The SMILES string of the molecule is CN1c2ccccc2C(C)(C)C12C=NC=C(c1ccccc1)O2. The van der Waals surface area contributed by atoms with E-state index in [0.29, 0.717) is 0 Å². The largest absolute Gasteiger partial charge is 0.460 e. The van der Waals surface area contributed by atoms with E-state index in [1.807, 2.05) is 24.4 Å². The van der Waals surface area contributed by atoms with Crippen LogP contribution in [0.15, 0.2) is 65.8 Å². The zero-order chi connectivity index (χ0) is 16.1. The van der Waals surface area contributed by atoms with Crippen molar-refractivity contribution in [2.75, 3.05) is 11.9 Å². The summed E-state index contributed by atoms with van der Waals surface area (Å²) in [6.07, 6.45) is 3.73. The van der Waals surface area contributed by atoms with Crippen molar-refractivity contribution in [3.63, 3.8) is 0 Å². The quantitative estimate of drug-likeness (QED) is 0.788. The summed E-state index contributed by atoms with van der Waals surface area (Å²) in [6.45, 7) is 4.44. The number of rotatable bonds is 1. The van der Waals surface area contributed by atoms with E-state index in [1.54, 1.807) is 6.20 Å². The number of likely N-dealkylation sites (N-methyl/N-ethyl adjacent to an activating group) is 1. The number of benzene rings is 2. The maximum absolute atomic E-state index is 6.57. The molecular formula is C20H20N2O. The Balaban J connectivity index is 1.82. The minimum atomic E-state index is -0.614. The van der Waals surface area contributed by atoms with Crippen molar-refractivity contribution < 1.29 is 4.74 Å². The lowest BCUT2D eigenvalue weighted by molar-refractivity contribution is 0.0538. The van der Waals surface area contributed by atoms with Crippen LogP contribution in [0, 0.1) is 0 Å². The first-order valence-electron chi connectivity index (χ1n) is 7.88. The van der Waals surface area contributed by atoms with Crippen molar-refractivity contribution in [2.24, 2.45) is 4.99 Å². The molecule has 116 valence electrons. The van der Waals surface area contributed by atoms with Crippen molar-refractivity contribution in [3.05, 3.63) is 71.9 Å². The number of para-hydroxylation sites is 1. The van der Waals surface area contributed by atoms with Crippen LogP contribution < -0.4 is 4.90 Å². The number of hydrogen-bond acceptors (Lipinski definition) is 3. The van der Waals surface area contributed by atoms with Crippen molar-refractivity contribution in [3.8, 4) is 0 Å². The second-order valence-electron chi connectivity index (χ2n) is 6.64. The van der Waals surface area contributed by atoms with Gasteiger partial charge in [-0.05, 0) is 25.5 Å². The molecule has 3 nitrogen and oxygen atoms in total. The standard InChI is InChI=1S/C20H20N2O/c1-19(2)16-11-7-8-12-17(16)22(3)20(19)14-21-13-18(23-20)15-9-5-4-6-10-15/h4-14H,1-3H3. The molecule has 0 aromatic heterocycles. The summed E-state index contributed by atoms with van der Waals surface area (Å²) in [5, 5.41) is 0. The highest BCUT2D eigenvalue weighted by molar-refractivity contribution is 5.87. The van der Waals surface area contributed by atoms with E-state index in [-0.39, 0.29) is 5.41 Å². The third-order valence-corrected chi connectivity index (χ3v) is 5.10. The van der Waals surface area contributed by atoms with Gasteiger partial charge in [0.2, 0.25) is 5.72 Å². The van der Waals surface area contributed by atoms with E-state index in [0.717, 1.165) is 11.3 Å². The van der Waals surface area contributed by atoms with Gasteiger partial charge in [-0.25, -0.2) is 0 Å². The van der Waals surface area contributed by atoms with Crippen LogP contribution in [0.4, 0.5) is 5.69 Å². The molecule has 0 N–H and O–H groups in total. The summed E-state index contributed by atoms with van der Waals surface area (Å²) in [4.78, 5) is 6.74. The molecule has 0 fully saturated rings. The summed E-state index contributed by atoms with van der Waals surface area (Å²) in [6, 6.07) is 18.6. The Hall–Kier alpha value is -2.55. The Morgan fingerprint density at radius 3 is 2.39 bits per heavy atom. The molecule has 3 heteroatoms. The van der Waals surface area contributed by atoms with Gasteiger partial charge in [0.15, 0.2) is 0 Å². The van der Waals surface area contributed by atoms with Gasteiger partial charge in [0.25, 0.3) is 0 Å². The highest BCUT2D eigenvalue weighted by atomic mass is 16.5. The van der Waals surface area contributed by atoms with Gasteiger partial charge in [-0.3, -0.25) is 4.99 Å². The molecule has 1 spiro atoms. The summed E-state index contributed by atoms with van der Waals surface area (Å²) in [7, 11) is 2.08. The summed E-state index contributed by atoms with van der Waals surface area (Å²) < 4.78 is 6.57. The zero-order valence-corrected chi connectivity index (χ0v) is 13.7. The third kappa shape index (κ3) is 1.79. The zero-order valence-electron chi connectivity index (χ0n) is 13.7. The van der Waals surface area contributed by atoms with Crippen LogP contribution in [-0.4, -0.2) is 19.0 Å². The minimum absolute atomic E-state index is 0.212. The molecular weight excluding hydrogens is 284 g/mol. The first kappa shape index (κ1) is 14.1. The molecule has 0 aliphatic carbocycles. The molecule has 23 heavy (non-hydrogen) atoms. The van der Waals surface area contributed by atoms with Gasteiger partial charge in [0, 0.05) is 18.3 Å². The summed E-state index contributed by atoms with van der Waals surface area (Å²) >= 11 is 0. The molecule has 0 radical (unpaired) electrons. The molecule has 2 aromatic carbocycles. The van der Waals surface area contributed by atoms with Gasteiger partial charge in [0.1, 0.15) is 5.76 Å². The predicted octanol–water partition coefficient (Wildman–Crippen LogP) is 4.21. The van der Waals surface area contributed by atoms with Crippen LogP contribution in [0.2, 0.25) is 0 Å². The second-order valence-corrected chi connectivity index (χ2v) is 6.64. The van der Waals surface area contributed by atoms with Crippen molar-refractivity contribution in [2.45, 2.75) is 25.0 Å². The fraction of sp³-hybridized carbons (Fsp3) is 0.250. The van der Waals surface area contributed by atoms with Gasteiger partial charge < -0.3 is 9.64 Å². The molecule has 2 heterocycles. The van der Waals surface area contributed by atoms with E-state index in [1.165, 1.54) is 11.3 Å². The summed E-state index contributed by atoms with van der Waals surface area (Å²) in [5.74, 6) is 0.806. The van der Waals surface area contributed by atoms with Crippen LogP contribution >= 0.6 is 0 Å².